The maximum Gasteiger partial charge on any atom is 0.219 e. The van der Waals surface area contributed by atoms with E-state index in [9.17, 15) is 4.79 Å². The molecule has 0 spiro atoms. The second-order valence-corrected chi connectivity index (χ2v) is 4.75. The molecule has 3 heteroatoms. The van der Waals surface area contributed by atoms with Crippen LogP contribution in [0.2, 0.25) is 0 Å². The number of carbonyl (C=O) groups is 1. The molecule has 1 aromatic carbocycles. The van der Waals surface area contributed by atoms with E-state index in [0.717, 1.165) is 18.5 Å². The Kier molecular flexibility index (Phi) is 2.21. The molecule has 2 aromatic rings. The van der Waals surface area contributed by atoms with Gasteiger partial charge in [0.1, 0.15) is 0 Å². The van der Waals surface area contributed by atoms with Crippen molar-refractivity contribution in [3.8, 4) is 0 Å². The molecule has 0 saturated carbocycles. The van der Waals surface area contributed by atoms with Crippen molar-refractivity contribution in [2.24, 2.45) is 0 Å². The summed E-state index contributed by atoms with van der Waals surface area (Å²) in [5, 5.41) is 1.26. The van der Waals surface area contributed by atoms with E-state index in [2.05, 4.69) is 30.1 Å². The van der Waals surface area contributed by atoms with E-state index in [4.69, 9.17) is 0 Å². The van der Waals surface area contributed by atoms with E-state index < -0.39 is 0 Å². The van der Waals surface area contributed by atoms with Gasteiger partial charge in [0.15, 0.2) is 0 Å². The third kappa shape index (κ3) is 1.54. The van der Waals surface area contributed by atoms with Gasteiger partial charge in [-0.3, -0.25) is 4.79 Å². The fourth-order valence-electron chi connectivity index (χ4n) is 2.80. The maximum atomic E-state index is 11.6. The Morgan fingerprint density at radius 2 is 2.29 bits per heavy atom. The number of aromatic amines is 1. The van der Waals surface area contributed by atoms with Crippen LogP contribution in [-0.2, 0) is 11.2 Å². The van der Waals surface area contributed by atoms with Gasteiger partial charge in [-0.2, -0.15) is 0 Å². The maximum absolute atomic E-state index is 11.6. The van der Waals surface area contributed by atoms with Crippen molar-refractivity contribution >= 4 is 16.8 Å². The van der Waals surface area contributed by atoms with Crippen molar-refractivity contribution in [2.75, 3.05) is 6.54 Å². The minimum atomic E-state index is 0.162. The Balaban J connectivity index is 2.13. The second-order valence-electron chi connectivity index (χ2n) is 4.75. The third-order valence-electron chi connectivity index (χ3n) is 3.76. The van der Waals surface area contributed by atoms with E-state index in [1.165, 1.54) is 16.5 Å². The molecule has 1 aliphatic rings. The first-order valence-electron chi connectivity index (χ1n) is 6.04. The topological polar surface area (TPSA) is 36.1 Å². The number of hydrogen-bond donors (Lipinski definition) is 1. The molecule has 1 amide bonds. The molecule has 0 radical (unpaired) electrons. The molecule has 17 heavy (non-hydrogen) atoms. The fourth-order valence-corrected chi connectivity index (χ4v) is 2.80. The minimum Gasteiger partial charge on any atom is -0.361 e. The van der Waals surface area contributed by atoms with Gasteiger partial charge in [0.25, 0.3) is 0 Å². The smallest absolute Gasteiger partial charge is 0.219 e. The van der Waals surface area contributed by atoms with Crippen LogP contribution < -0.4 is 0 Å². The number of amides is 1. The third-order valence-corrected chi connectivity index (χ3v) is 3.76. The summed E-state index contributed by atoms with van der Waals surface area (Å²) < 4.78 is 0. The number of H-pyrrole nitrogens is 1. The van der Waals surface area contributed by atoms with Crippen molar-refractivity contribution in [3.63, 3.8) is 0 Å². The molecular weight excluding hydrogens is 212 g/mol. The molecule has 0 saturated heterocycles. The molecule has 1 atom stereocenters. The van der Waals surface area contributed by atoms with Gasteiger partial charge in [0, 0.05) is 25.2 Å². The highest BCUT2D eigenvalue weighted by atomic mass is 16.2. The van der Waals surface area contributed by atoms with E-state index in [1.807, 2.05) is 11.1 Å². The lowest BCUT2D eigenvalue weighted by atomic mass is 9.92. The van der Waals surface area contributed by atoms with Gasteiger partial charge in [-0.1, -0.05) is 0 Å². The number of hydrogen-bond acceptors (Lipinski definition) is 1. The van der Waals surface area contributed by atoms with Crippen LogP contribution in [0.5, 0.6) is 0 Å². The summed E-state index contributed by atoms with van der Waals surface area (Å²) in [6.45, 7) is 4.59. The number of fused-ring (bicyclic) bond motifs is 2. The molecule has 1 unspecified atom stereocenters. The van der Waals surface area contributed by atoms with Crippen LogP contribution in [0.25, 0.3) is 10.9 Å². The van der Waals surface area contributed by atoms with E-state index >= 15 is 0 Å². The summed E-state index contributed by atoms with van der Waals surface area (Å²) >= 11 is 0. The molecule has 1 N–H and O–H groups in total. The summed E-state index contributed by atoms with van der Waals surface area (Å²) in [5.74, 6) is 0.162. The SMILES string of the molecule is CC(=O)N1CCc2cc3cc[nH]c3cc2C1C. The Labute approximate surface area is 100 Å². The van der Waals surface area contributed by atoms with Crippen molar-refractivity contribution in [1.29, 1.82) is 0 Å². The number of rotatable bonds is 0. The van der Waals surface area contributed by atoms with Crippen LogP contribution >= 0.6 is 0 Å². The van der Waals surface area contributed by atoms with Crippen LogP contribution in [0.4, 0.5) is 0 Å². The van der Waals surface area contributed by atoms with Crippen LogP contribution in [0.1, 0.15) is 31.0 Å². The summed E-state index contributed by atoms with van der Waals surface area (Å²) in [4.78, 5) is 16.7. The zero-order valence-corrected chi connectivity index (χ0v) is 10.2. The van der Waals surface area contributed by atoms with Gasteiger partial charge in [-0.25, -0.2) is 0 Å². The largest absolute Gasteiger partial charge is 0.361 e. The average molecular weight is 228 g/mol. The van der Waals surface area contributed by atoms with Gasteiger partial charge in [0.05, 0.1) is 6.04 Å². The van der Waals surface area contributed by atoms with Crippen molar-refractivity contribution < 1.29 is 4.79 Å². The first kappa shape index (κ1) is 10.4. The fraction of sp³-hybridized carbons (Fsp3) is 0.357. The Bertz CT molecular complexity index is 585. The van der Waals surface area contributed by atoms with Gasteiger partial charge in [0.2, 0.25) is 5.91 Å². The van der Waals surface area contributed by atoms with E-state index in [1.54, 1.807) is 6.92 Å². The summed E-state index contributed by atoms with van der Waals surface area (Å²) in [6, 6.07) is 6.71. The lowest BCUT2D eigenvalue weighted by Gasteiger charge is -2.34. The first-order chi connectivity index (χ1) is 8.16. The Morgan fingerprint density at radius 3 is 3.06 bits per heavy atom. The Hall–Kier alpha value is -1.77. The van der Waals surface area contributed by atoms with Gasteiger partial charge >= 0.3 is 0 Å². The number of nitrogens with zero attached hydrogens (tertiary/aromatic N) is 1. The molecule has 0 bridgehead atoms. The standard InChI is InChI=1S/C14H16N2O/c1-9-13-8-14-12(3-5-15-14)7-11(13)4-6-16(9)10(2)17/h3,5,7-9,15H,4,6H2,1-2H3. The van der Waals surface area contributed by atoms with Crippen molar-refractivity contribution in [3.05, 3.63) is 35.5 Å². The Morgan fingerprint density at radius 1 is 1.47 bits per heavy atom. The summed E-state index contributed by atoms with van der Waals surface area (Å²) in [7, 11) is 0. The molecule has 88 valence electrons. The highest BCUT2D eigenvalue weighted by molar-refractivity contribution is 5.82. The van der Waals surface area contributed by atoms with Gasteiger partial charge in [-0.05, 0) is 48.1 Å². The highest BCUT2D eigenvalue weighted by Crippen LogP contribution is 2.32. The van der Waals surface area contributed by atoms with Crippen molar-refractivity contribution in [2.45, 2.75) is 26.3 Å². The number of benzene rings is 1. The molecular formula is C14H16N2O. The lowest BCUT2D eigenvalue weighted by molar-refractivity contribution is -0.131. The van der Waals surface area contributed by atoms with Gasteiger partial charge < -0.3 is 9.88 Å². The molecule has 1 aliphatic heterocycles. The minimum absolute atomic E-state index is 0.162. The molecule has 0 fully saturated rings. The molecule has 3 nitrogen and oxygen atoms in total. The summed E-state index contributed by atoms with van der Waals surface area (Å²) in [6.07, 6.45) is 2.92. The quantitative estimate of drug-likeness (QED) is 0.739. The zero-order valence-electron chi connectivity index (χ0n) is 10.2. The van der Waals surface area contributed by atoms with Crippen LogP contribution in [0.15, 0.2) is 24.4 Å². The van der Waals surface area contributed by atoms with E-state index in [0.29, 0.717) is 0 Å². The predicted molar refractivity (Wildman–Crippen MR) is 67.8 cm³/mol. The molecule has 3 rings (SSSR count). The highest BCUT2D eigenvalue weighted by Gasteiger charge is 2.25. The van der Waals surface area contributed by atoms with Crippen LogP contribution in [-0.4, -0.2) is 22.3 Å². The average Bonchev–Trinajstić information content (AvgIpc) is 2.73. The first-order valence-corrected chi connectivity index (χ1v) is 6.04. The molecule has 0 aliphatic carbocycles. The van der Waals surface area contributed by atoms with Gasteiger partial charge in [-0.15, -0.1) is 0 Å². The predicted octanol–water partition coefficient (Wildman–Crippen LogP) is 2.63. The number of carbonyl (C=O) groups excluding carboxylic acids is 1. The van der Waals surface area contributed by atoms with Crippen LogP contribution in [0.3, 0.4) is 0 Å². The second kappa shape index (κ2) is 3.62. The number of nitrogens with one attached hydrogen (secondary N) is 1. The lowest BCUT2D eigenvalue weighted by Crippen LogP contribution is -2.37. The number of aromatic nitrogens is 1. The molecule has 2 heterocycles. The van der Waals surface area contributed by atoms with Crippen LogP contribution in [0, 0.1) is 0 Å². The zero-order chi connectivity index (χ0) is 12.0. The summed E-state index contributed by atoms with van der Waals surface area (Å²) in [5.41, 5.74) is 3.81. The normalized spacial score (nSPS) is 19.4. The van der Waals surface area contributed by atoms with E-state index in [-0.39, 0.29) is 11.9 Å². The molecule has 1 aromatic heterocycles. The van der Waals surface area contributed by atoms with Crippen molar-refractivity contribution in [1.82, 2.24) is 9.88 Å². The monoisotopic (exact) mass is 228 g/mol.